The number of aryl methyl sites for hydroxylation is 1. The molecule has 2 aromatic rings. The summed E-state index contributed by atoms with van der Waals surface area (Å²) in [5, 5.41) is 7.44. The van der Waals surface area contributed by atoms with E-state index in [4.69, 9.17) is 9.26 Å². The van der Waals surface area contributed by atoms with Crippen molar-refractivity contribution in [2.75, 3.05) is 26.3 Å². The predicted octanol–water partition coefficient (Wildman–Crippen LogP) is 1.12. The summed E-state index contributed by atoms with van der Waals surface area (Å²) in [5.74, 6) is 0.992. The molecule has 1 unspecified atom stereocenters. The van der Waals surface area contributed by atoms with Crippen molar-refractivity contribution in [3.63, 3.8) is 0 Å². The Hall–Kier alpha value is -2.25. The van der Waals surface area contributed by atoms with Crippen LogP contribution in [-0.4, -0.2) is 53.3 Å². The van der Waals surface area contributed by atoms with Gasteiger partial charge < -0.3 is 14.6 Å². The summed E-state index contributed by atoms with van der Waals surface area (Å²) in [6, 6.07) is 5.75. The monoisotopic (exact) mass is 356 g/mol. The molecule has 1 saturated heterocycles. The fraction of sp³-hybridized carbons (Fsp3) is 0.526. The number of fused-ring (bicyclic) bond motifs is 1. The molecule has 138 valence electrons. The molecule has 3 heterocycles. The number of ether oxygens (including phenoxy) is 1. The van der Waals surface area contributed by atoms with E-state index in [2.05, 4.69) is 20.4 Å². The van der Waals surface area contributed by atoms with Crippen LogP contribution in [0.1, 0.15) is 29.1 Å². The van der Waals surface area contributed by atoms with Crippen LogP contribution in [-0.2, 0) is 35.3 Å². The molecule has 7 nitrogen and oxygen atoms in total. The van der Waals surface area contributed by atoms with E-state index in [-0.39, 0.29) is 11.9 Å². The number of rotatable bonds is 5. The number of carbonyl (C=O) groups excluding carboxylic acids is 1. The van der Waals surface area contributed by atoms with E-state index >= 15 is 0 Å². The predicted molar refractivity (Wildman–Crippen MR) is 94.5 cm³/mol. The second kappa shape index (κ2) is 7.97. The number of aromatic nitrogens is 2. The standard InChI is InChI=1S/C19H24N4O3/c24-19(12-14-3-1-2-6-20-14)21-15-4-5-18-16(11-15)17(22-26-18)13-23-7-9-25-10-8-23/h1-3,6,15H,4-5,7-13H2,(H,21,24). The maximum absolute atomic E-state index is 12.3. The van der Waals surface area contributed by atoms with Crippen molar-refractivity contribution in [2.45, 2.75) is 38.3 Å². The highest BCUT2D eigenvalue weighted by Gasteiger charge is 2.27. The summed E-state index contributed by atoms with van der Waals surface area (Å²) in [5.41, 5.74) is 2.97. The fourth-order valence-electron chi connectivity index (χ4n) is 3.63. The van der Waals surface area contributed by atoms with Crippen LogP contribution in [0.2, 0.25) is 0 Å². The molecule has 1 amide bonds. The van der Waals surface area contributed by atoms with Crippen molar-refractivity contribution in [3.05, 3.63) is 47.1 Å². The molecule has 2 aliphatic rings. The molecule has 0 spiro atoms. The number of amides is 1. The number of pyridine rings is 1. The third-order valence-corrected chi connectivity index (χ3v) is 5.03. The van der Waals surface area contributed by atoms with Crippen molar-refractivity contribution >= 4 is 5.91 Å². The van der Waals surface area contributed by atoms with Gasteiger partial charge >= 0.3 is 0 Å². The Morgan fingerprint density at radius 3 is 3.00 bits per heavy atom. The van der Waals surface area contributed by atoms with Gasteiger partial charge in [0.05, 0.1) is 19.6 Å². The minimum atomic E-state index is 0.0170. The second-order valence-corrected chi connectivity index (χ2v) is 6.92. The zero-order chi connectivity index (χ0) is 17.8. The maximum Gasteiger partial charge on any atom is 0.226 e. The van der Waals surface area contributed by atoms with Crippen LogP contribution in [0.3, 0.4) is 0 Å². The van der Waals surface area contributed by atoms with Gasteiger partial charge in [-0.2, -0.15) is 0 Å². The van der Waals surface area contributed by atoms with Gasteiger partial charge in [0.25, 0.3) is 0 Å². The highest BCUT2D eigenvalue weighted by molar-refractivity contribution is 5.78. The molecule has 26 heavy (non-hydrogen) atoms. The quantitative estimate of drug-likeness (QED) is 0.865. The molecule has 0 radical (unpaired) electrons. The summed E-state index contributed by atoms with van der Waals surface area (Å²) in [6.07, 6.45) is 4.51. The topological polar surface area (TPSA) is 80.5 Å². The van der Waals surface area contributed by atoms with Crippen LogP contribution in [0.5, 0.6) is 0 Å². The van der Waals surface area contributed by atoms with Crippen molar-refractivity contribution in [1.82, 2.24) is 20.4 Å². The Bertz CT molecular complexity index is 740. The fourth-order valence-corrected chi connectivity index (χ4v) is 3.63. The molecule has 0 bridgehead atoms. The van der Waals surface area contributed by atoms with E-state index in [9.17, 15) is 4.79 Å². The van der Waals surface area contributed by atoms with Crippen LogP contribution in [0.15, 0.2) is 28.9 Å². The number of nitrogens with zero attached hydrogens (tertiary/aromatic N) is 3. The average Bonchev–Trinajstić information content (AvgIpc) is 3.05. The molecule has 1 N–H and O–H groups in total. The first kappa shape index (κ1) is 17.2. The third kappa shape index (κ3) is 4.11. The van der Waals surface area contributed by atoms with Gasteiger partial charge in [-0.05, 0) is 25.0 Å². The highest BCUT2D eigenvalue weighted by atomic mass is 16.5. The van der Waals surface area contributed by atoms with Crippen molar-refractivity contribution < 1.29 is 14.1 Å². The van der Waals surface area contributed by atoms with E-state index < -0.39 is 0 Å². The first-order valence-corrected chi connectivity index (χ1v) is 9.23. The highest BCUT2D eigenvalue weighted by Crippen LogP contribution is 2.25. The Balaban J connectivity index is 1.36. The molecule has 7 heteroatoms. The molecule has 4 rings (SSSR count). The minimum Gasteiger partial charge on any atom is -0.379 e. The van der Waals surface area contributed by atoms with E-state index in [1.807, 2.05) is 18.2 Å². The van der Waals surface area contributed by atoms with Crippen LogP contribution >= 0.6 is 0 Å². The van der Waals surface area contributed by atoms with E-state index in [0.717, 1.165) is 69.3 Å². The number of carbonyl (C=O) groups is 1. The van der Waals surface area contributed by atoms with Gasteiger partial charge in [0.2, 0.25) is 5.91 Å². The third-order valence-electron chi connectivity index (χ3n) is 5.03. The summed E-state index contributed by atoms with van der Waals surface area (Å²) in [7, 11) is 0. The van der Waals surface area contributed by atoms with E-state index in [0.29, 0.717) is 6.42 Å². The first-order valence-electron chi connectivity index (χ1n) is 9.23. The lowest BCUT2D eigenvalue weighted by Gasteiger charge is -2.27. The number of nitrogens with one attached hydrogen (secondary N) is 1. The Morgan fingerprint density at radius 2 is 2.19 bits per heavy atom. The van der Waals surface area contributed by atoms with Crippen LogP contribution in [0.25, 0.3) is 0 Å². The van der Waals surface area contributed by atoms with Gasteiger partial charge in [-0.15, -0.1) is 0 Å². The molecule has 1 aliphatic carbocycles. The average molecular weight is 356 g/mol. The van der Waals surface area contributed by atoms with Gasteiger partial charge in [0, 0.05) is 49.6 Å². The number of hydrogen-bond donors (Lipinski definition) is 1. The molecule has 0 aromatic carbocycles. The molecule has 0 saturated carbocycles. The molecule has 1 fully saturated rings. The SMILES string of the molecule is O=C(Cc1ccccn1)NC1CCc2onc(CN3CCOCC3)c2C1. The normalized spacial score (nSPS) is 20.5. The summed E-state index contributed by atoms with van der Waals surface area (Å²) < 4.78 is 11.0. The lowest BCUT2D eigenvalue weighted by Crippen LogP contribution is -2.40. The van der Waals surface area contributed by atoms with Crippen molar-refractivity contribution in [1.29, 1.82) is 0 Å². The molecule has 1 atom stereocenters. The van der Waals surface area contributed by atoms with Gasteiger partial charge in [0.1, 0.15) is 11.5 Å². The lowest BCUT2D eigenvalue weighted by molar-refractivity contribution is -0.121. The molecule has 1 aliphatic heterocycles. The molecular formula is C19H24N4O3. The second-order valence-electron chi connectivity index (χ2n) is 6.92. The van der Waals surface area contributed by atoms with Gasteiger partial charge in [-0.3, -0.25) is 14.7 Å². The van der Waals surface area contributed by atoms with Crippen LogP contribution < -0.4 is 5.32 Å². The number of morpholine rings is 1. The zero-order valence-electron chi connectivity index (χ0n) is 14.8. The Morgan fingerprint density at radius 1 is 1.31 bits per heavy atom. The Labute approximate surface area is 152 Å². The summed E-state index contributed by atoms with van der Waals surface area (Å²) >= 11 is 0. The van der Waals surface area contributed by atoms with Gasteiger partial charge in [-0.25, -0.2) is 0 Å². The van der Waals surface area contributed by atoms with Gasteiger partial charge in [-0.1, -0.05) is 11.2 Å². The van der Waals surface area contributed by atoms with Crippen molar-refractivity contribution in [2.24, 2.45) is 0 Å². The Kier molecular flexibility index (Phi) is 5.26. The van der Waals surface area contributed by atoms with E-state index in [1.54, 1.807) is 6.20 Å². The molecule has 2 aromatic heterocycles. The van der Waals surface area contributed by atoms with E-state index in [1.165, 1.54) is 5.56 Å². The van der Waals surface area contributed by atoms with Crippen LogP contribution in [0, 0.1) is 0 Å². The molecular weight excluding hydrogens is 332 g/mol. The van der Waals surface area contributed by atoms with Gasteiger partial charge in [0.15, 0.2) is 0 Å². The summed E-state index contributed by atoms with van der Waals surface area (Å²) in [6.45, 7) is 4.17. The van der Waals surface area contributed by atoms with Crippen LogP contribution in [0.4, 0.5) is 0 Å². The summed E-state index contributed by atoms with van der Waals surface area (Å²) in [4.78, 5) is 18.9. The lowest BCUT2D eigenvalue weighted by atomic mass is 9.91. The minimum absolute atomic E-state index is 0.0170. The first-order chi connectivity index (χ1) is 12.8. The number of hydrogen-bond acceptors (Lipinski definition) is 6. The zero-order valence-corrected chi connectivity index (χ0v) is 14.8. The maximum atomic E-state index is 12.3. The smallest absolute Gasteiger partial charge is 0.226 e. The van der Waals surface area contributed by atoms with Crippen molar-refractivity contribution in [3.8, 4) is 0 Å². The largest absolute Gasteiger partial charge is 0.379 e.